The van der Waals surface area contributed by atoms with E-state index >= 15 is 0 Å². The quantitative estimate of drug-likeness (QED) is 0.163. The number of nitrogens with zero attached hydrogens (tertiary/aromatic N) is 3. The average Bonchev–Trinajstić information content (AvgIpc) is 3.97. The third-order valence-electron chi connectivity index (χ3n) is 16.0. The third-order valence-corrected chi connectivity index (χ3v) is 17.2. The molecule has 0 amide bonds. The summed E-state index contributed by atoms with van der Waals surface area (Å²) in [5.74, 6) is 0. The summed E-state index contributed by atoms with van der Waals surface area (Å²) in [6, 6.07) is 63.3. The van der Waals surface area contributed by atoms with Crippen molar-refractivity contribution in [1.29, 1.82) is 0 Å². The van der Waals surface area contributed by atoms with Crippen LogP contribution in [0.2, 0.25) is 0 Å². The van der Waals surface area contributed by atoms with Gasteiger partial charge in [-0.05, 0) is 121 Å². The highest BCUT2D eigenvalue weighted by Gasteiger charge is 2.47. The molecule has 2 aliphatic heterocycles. The summed E-state index contributed by atoms with van der Waals surface area (Å²) >= 11 is 1.91. The molecule has 13 rings (SSSR count). The molecular formula is C65H60BN3S. The predicted molar refractivity (Wildman–Crippen MR) is 304 cm³/mol. The number of aromatic nitrogens is 1. The van der Waals surface area contributed by atoms with Gasteiger partial charge in [0.1, 0.15) is 0 Å². The lowest BCUT2D eigenvalue weighted by atomic mass is 9.33. The Morgan fingerprint density at radius 1 is 0.486 bits per heavy atom. The van der Waals surface area contributed by atoms with Gasteiger partial charge in [-0.15, -0.1) is 11.3 Å². The van der Waals surface area contributed by atoms with E-state index in [1.807, 2.05) is 11.3 Å². The number of anilines is 6. The molecule has 0 atom stereocenters. The third kappa shape index (κ3) is 6.13. The van der Waals surface area contributed by atoms with Gasteiger partial charge in [-0.3, -0.25) is 0 Å². The van der Waals surface area contributed by atoms with Crippen LogP contribution in [0.3, 0.4) is 0 Å². The molecule has 3 aliphatic rings. The summed E-state index contributed by atoms with van der Waals surface area (Å²) in [5.41, 5.74) is 23.1. The lowest BCUT2D eigenvalue weighted by Gasteiger charge is -2.42. The minimum Gasteiger partial charge on any atom is -0.310 e. The van der Waals surface area contributed by atoms with Gasteiger partial charge in [0.05, 0.1) is 16.1 Å². The average molecular weight is 926 g/mol. The van der Waals surface area contributed by atoms with E-state index in [1.54, 1.807) is 0 Å². The highest BCUT2D eigenvalue weighted by atomic mass is 32.1. The highest BCUT2D eigenvalue weighted by molar-refractivity contribution is 7.26. The lowest BCUT2D eigenvalue weighted by Crippen LogP contribution is -2.60. The molecule has 0 spiro atoms. The van der Waals surface area contributed by atoms with Gasteiger partial charge in [-0.25, -0.2) is 0 Å². The second kappa shape index (κ2) is 14.6. The van der Waals surface area contributed by atoms with E-state index in [4.69, 9.17) is 0 Å². The van der Waals surface area contributed by atoms with E-state index in [0.717, 1.165) is 17.1 Å². The van der Waals surface area contributed by atoms with E-state index in [-0.39, 0.29) is 28.4 Å². The van der Waals surface area contributed by atoms with Crippen molar-refractivity contribution in [2.24, 2.45) is 0 Å². The Morgan fingerprint density at radius 3 is 1.76 bits per heavy atom. The van der Waals surface area contributed by atoms with Crippen LogP contribution in [0, 0.1) is 0 Å². The molecule has 8 aromatic carbocycles. The fourth-order valence-corrected chi connectivity index (χ4v) is 13.6. The van der Waals surface area contributed by atoms with Crippen LogP contribution >= 0.6 is 11.3 Å². The number of hydrogen-bond acceptors (Lipinski definition) is 3. The van der Waals surface area contributed by atoms with Crippen molar-refractivity contribution < 1.29 is 0 Å². The van der Waals surface area contributed by atoms with Gasteiger partial charge < -0.3 is 14.4 Å². The van der Waals surface area contributed by atoms with Gasteiger partial charge in [0.25, 0.3) is 6.71 Å². The van der Waals surface area contributed by atoms with Crippen molar-refractivity contribution in [1.82, 2.24) is 4.57 Å². The minimum absolute atomic E-state index is 0.0103. The van der Waals surface area contributed by atoms with Crippen LogP contribution in [0.25, 0.3) is 48.0 Å². The normalized spacial score (nSPS) is 14.6. The topological polar surface area (TPSA) is 11.4 Å². The van der Waals surface area contributed by atoms with Crippen LogP contribution in [0.15, 0.2) is 164 Å². The molecule has 0 radical (unpaired) electrons. The monoisotopic (exact) mass is 925 g/mol. The molecule has 2 aromatic heterocycles. The molecule has 0 fully saturated rings. The van der Waals surface area contributed by atoms with E-state index in [1.165, 1.54) is 109 Å². The first-order valence-electron chi connectivity index (χ1n) is 25.2. The van der Waals surface area contributed by atoms with Crippen molar-refractivity contribution in [3.05, 3.63) is 192 Å². The number of benzene rings is 8. The molecule has 10 aromatic rings. The van der Waals surface area contributed by atoms with E-state index < -0.39 is 0 Å². The highest BCUT2D eigenvalue weighted by Crippen LogP contribution is 2.55. The van der Waals surface area contributed by atoms with Gasteiger partial charge in [0, 0.05) is 71.5 Å². The number of rotatable bonds is 4. The van der Waals surface area contributed by atoms with Gasteiger partial charge >= 0.3 is 0 Å². The van der Waals surface area contributed by atoms with Gasteiger partial charge in [-0.2, -0.15) is 0 Å². The second-order valence-electron chi connectivity index (χ2n) is 23.8. The fraction of sp³-hybridized carbons (Fsp3) is 0.231. The molecule has 4 heterocycles. The molecule has 0 bridgehead atoms. The summed E-state index contributed by atoms with van der Waals surface area (Å²) in [5, 5.41) is 3.97. The standard InChI is InChI=1S/C65H60BN3S/c1-62(2,3)39-26-30-42(31-27-39)67(43-32-28-40(29-33-43)63(4,5)6)44-34-35-50-53(38-44)68(52-24-17-20-46-45-18-13-15-25-56(45)70-61(46)52)54-36-41(64(7,8)9)37-55-58(54)66(50)51-23-16-21-48-57-60(69(55)59(48)51)47-19-12-14-22-49(47)65(57,10)11/h12-38H,1-11H3. The summed E-state index contributed by atoms with van der Waals surface area (Å²) in [4.78, 5) is 5.14. The Kier molecular flexibility index (Phi) is 9.03. The van der Waals surface area contributed by atoms with Gasteiger partial charge in [0.15, 0.2) is 0 Å². The zero-order chi connectivity index (χ0) is 48.4. The molecule has 0 unspecified atom stereocenters. The molecule has 0 saturated heterocycles. The molecule has 70 heavy (non-hydrogen) atoms. The van der Waals surface area contributed by atoms with Crippen LogP contribution in [-0.2, 0) is 21.7 Å². The first kappa shape index (κ1) is 43.2. The molecular weight excluding hydrogens is 866 g/mol. The zero-order valence-electron chi connectivity index (χ0n) is 42.4. The Balaban J connectivity index is 1.14. The van der Waals surface area contributed by atoms with Crippen molar-refractivity contribution >= 4 is 99.6 Å². The van der Waals surface area contributed by atoms with Gasteiger partial charge in [0.2, 0.25) is 0 Å². The summed E-state index contributed by atoms with van der Waals surface area (Å²) in [6.07, 6.45) is 0. The summed E-state index contributed by atoms with van der Waals surface area (Å²) in [7, 11) is 0. The zero-order valence-corrected chi connectivity index (χ0v) is 43.2. The van der Waals surface area contributed by atoms with Crippen LogP contribution in [0.4, 0.5) is 34.1 Å². The molecule has 1 aliphatic carbocycles. The fourth-order valence-electron chi connectivity index (χ4n) is 12.4. The Labute approximate surface area is 418 Å². The lowest BCUT2D eigenvalue weighted by molar-refractivity contribution is 0.590. The number of thiophene rings is 1. The summed E-state index contributed by atoms with van der Waals surface area (Å²) < 4.78 is 5.31. The summed E-state index contributed by atoms with van der Waals surface area (Å²) in [6.45, 7) is 25.8. The van der Waals surface area contributed by atoms with Crippen LogP contribution < -0.4 is 26.2 Å². The molecule has 0 N–H and O–H groups in total. The van der Waals surface area contributed by atoms with Crippen molar-refractivity contribution in [3.8, 4) is 16.9 Å². The van der Waals surface area contributed by atoms with E-state index in [9.17, 15) is 0 Å². The van der Waals surface area contributed by atoms with Crippen molar-refractivity contribution in [3.63, 3.8) is 0 Å². The number of fused-ring (bicyclic) bond motifs is 12. The molecule has 3 nitrogen and oxygen atoms in total. The SMILES string of the molecule is CC(C)(C)c1ccc(N(c2ccc(C(C)(C)C)cc2)c2ccc3c(c2)N(c2cccc4c2sc2ccccc24)c2cc(C(C)(C)C)cc4c2B3c2cccc3c5c(n-4c23)-c2ccccc2C5(C)C)cc1. The smallest absolute Gasteiger partial charge is 0.252 e. The predicted octanol–water partition coefficient (Wildman–Crippen LogP) is 16.3. The van der Waals surface area contributed by atoms with Crippen LogP contribution in [0.1, 0.15) is 104 Å². The largest absolute Gasteiger partial charge is 0.310 e. The van der Waals surface area contributed by atoms with Crippen LogP contribution in [0.5, 0.6) is 0 Å². The Morgan fingerprint density at radius 2 is 1.07 bits per heavy atom. The molecule has 344 valence electrons. The van der Waals surface area contributed by atoms with Crippen molar-refractivity contribution in [2.75, 3.05) is 9.80 Å². The van der Waals surface area contributed by atoms with Crippen molar-refractivity contribution in [2.45, 2.75) is 97.8 Å². The minimum atomic E-state index is -0.159. The number of hydrogen-bond donors (Lipinski definition) is 0. The Bertz CT molecular complexity index is 3750. The molecule has 0 saturated carbocycles. The first-order valence-corrected chi connectivity index (χ1v) is 26.0. The maximum atomic E-state index is 2.69. The molecule has 5 heteroatoms. The Hall–Kier alpha value is -6.82. The second-order valence-corrected chi connectivity index (χ2v) is 24.9. The number of para-hydroxylation sites is 1. The maximum absolute atomic E-state index is 2.69. The van der Waals surface area contributed by atoms with Crippen LogP contribution in [-0.4, -0.2) is 11.3 Å². The first-order chi connectivity index (χ1) is 33.4. The van der Waals surface area contributed by atoms with Gasteiger partial charge in [-0.1, -0.05) is 179 Å². The maximum Gasteiger partial charge on any atom is 0.252 e. The van der Waals surface area contributed by atoms with E-state index in [2.05, 4.69) is 254 Å². The van der Waals surface area contributed by atoms with E-state index in [0.29, 0.717) is 0 Å².